The number of pyridine rings is 1. The summed E-state index contributed by atoms with van der Waals surface area (Å²) in [6, 6.07) is 7.74. The van der Waals surface area contributed by atoms with E-state index >= 15 is 0 Å². The number of anilines is 1. The van der Waals surface area contributed by atoms with Gasteiger partial charge in [0, 0.05) is 18.1 Å². The Kier molecular flexibility index (Phi) is 2.66. The van der Waals surface area contributed by atoms with Crippen molar-refractivity contribution in [1.29, 1.82) is 0 Å². The lowest BCUT2D eigenvalue weighted by molar-refractivity contribution is 0.415. The Hall–Kier alpha value is -1.81. The number of methoxy groups -OCH3 is 1. The van der Waals surface area contributed by atoms with E-state index in [2.05, 4.69) is 4.98 Å². The zero-order valence-electron chi connectivity index (χ0n) is 9.69. The van der Waals surface area contributed by atoms with Crippen molar-refractivity contribution in [3.8, 4) is 5.75 Å². The third-order valence-corrected chi connectivity index (χ3v) is 2.50. The fraction of sp³-hybridized carbons (Fsp3) is 0.250. The smallest absolute Gasteiger partial charge is 0.119 e. The quantitative estimate of drug-likeness (QED) is 0.616. The average molecular weight is 217 g/mol. The zero-order valence-corrected chi connectivity index (χ0v) is 9.69. The molecule has 2 N–H and O–H groups in total. The molecule has 1 aromatic carbocycles. The number of aryl methyl sites for hydroxylation is 1. The molecule has 0 radical (unpaired) electrons. The summed E-state index contributed by atoms with van der Waals surface area (Å²) in [5.74, 6) is 6.61. The summed E-state index contributed by atoms with van der Waals surface area (Å²) in [7, 11) is 3.46. The minimum atomic E-state index is 0.807. The van der Waals surface area contributed by atoms with Crippen LogP contribution in [-0.2, 0) is 0 Å². The van der Waals surface area contributed by atoms with Gasteiger partial charge in [0.2, 0.25) is 0 Å². The Morgan fingerprint density at radius 1 is 1.31 bits per heavy atom. The number of hydrogen-bond donors (Lipinski definition) is 1. The first-order valence-corrected chi connectivity index (χ1v) is 5.05. The Morgan fingerprint density at radius 3 is 2.69 bits per heavy atom. The van der Waals surface area contributed by atoms with E-state index < -0.39 is 0 Å². The molecule has 2 rings (SSSR count). The van der Waals surface area contributed by atoms with Crippen LogP contribution in [0.4, 0.5) is 5.69 Å². The molecule has 0 spiro atoms. The van der Waals surface area contributed by atoms with Gasteiger partial charge in [-0.25, -0.2) is 5.84 Å². The second-order valence-electron chi connectivity index (χ2n) is 3.78. The molecule has 1 heterocycles. The molecule has 16 heavy (non-hydrogen) atoms. The zero-order chi connectivity index (χ0) is 11.7. The van der Waals surface area contributed by atoms with Crippen LogP contribution < -0.4 is 15.6 Å². The molecule has 0 aliphatic carbocycles. The summed E-state index contributed by atoms with van der Waals surface area (Å²) in [6.07, 6.45) is 0. The van der Waals surface area contributed by atoms with E-state index in [1.807, 2.05) is 38.2 Å². The van der Waals surface area contributed by atoms with Gasteiger partial charge in [0.15, 0.2) is 0 Å². The Morgan fingerprint density at radius 2 is 2.06 bits per heavy atom. The van der Waals surface area contributed by atoms with Crippen molar-refractivity contribution in [2.45, 2.75) is 6.92 Å². The number of fused-ring (bicyclic) bond motifs is 1. The van der Waals surface area contributed by atoms with Gasteiger partial charge in [0.05, 0.1) is 18.3 Å². The third-order valence-electron chi connectivity index (χ3n) is 2.50. The number of aromatic nitrogens is 1. The van der Waals surface area contributed by atoms with Crippen molar-refractivity contribution < 1.29 is 4.74 Å². The van der Waals surface area contributed by atoms with E-state index in [9.17, 15) is 0 Å². The molecule has 4 heteroatoms. The molecule has 0 amide bonds. The predicted octanol–water partition coefficient (Wildman–Crippen LogP) is 1.86. The van der Waals surface area contributed by atoms with E-state index in [0.29, 0.717) is 0 Å². The van der Waals surface area contributed by atoms with Crippen LogP contribution in [0.25, 0.3) is 10.9 Å². The van der Waals surface area contributed by atoms with Crippen molar-refractivity contribution in [3.05, 3.63) is 30.0 Å². The number of nitrogens with zero attached hydrogens (tertiary/aromatic N) is 2. The highest BCUT2D eigenvalue weighted by atomic mass is 16.5. The van der Waals surface area contributed by atoms with Crippen LogP contribution in [0.5, 0.6) is 5.75 Å². The van der Waals surface area contributed by atoms with Crippen LogP contribution in [-0.4, -0.2) is 19.1 Å². The van der Waals surface area contributed by atoms with Crippen LogP contribution in [0.15, 0.2) is 24.3 Å². The standard InChI is InChI=1S/C12H15N3O/c1-8-6-12(15(2)13)10-7-9(16-3)4-5-11(10)14-8/h4-7H,13H2,1-3H3. The number of hydrazine groups is 1. The van der Waals surface area contributed by atoms with E-state index in [4.69, 9.17) is 10.6 Å². The SMILES string of the molecule is COc1ccc2nc(C)cc(N(C)N)c2c1. The number of hydrogen-bond acceptors (Lipinski definition) is 4. The van der Waals surface area contributed by atoms with E-state index in [1.54, 1.807) is 12.1 Å². The van der Waals surface area contributed by atoms with Crippen LogP contribution >= 0.6 is 0 Å². The molecule has 84 valence electrons. The lowest BCUT2D eigenvalue weighted by atomic mass is 10.1. The molecule has 0 bridgehead atoms. The topological polar surface area (TPSA) is 51.4 Å². The first-order chi connectivity index (χ1) is 7.61. The molecule has 1 aromatic heterocycles. The maximum atomic E-state index is 5.80. The van der Waals surface area contributed by atoms with Crippen LogP contribution in [0, 0.1) is 6.92 Å². The Bertz CT molecular complexity index is 523. The van der Waals surface area contributed by atoms with Gasteiger partial charge in [-0.2, -0.15) is 0 Å². The highest BCUT2D eigenvalue weighted by molar-refractivity contribution is 5.92. The van der Waals surface area contributed by atoms with Gasteiger partial charge in [-0.05, 0) is 31.2 Å². The average Bonchev–Trinajstić information content (AvgIpc) is 2.27. The Labute approximate surface area is 94.6 Å². The largest absolute Gasteiger partial charge is 0.497 e. The second kappa shape index (κ2) is 3.98. The normalized spacial score (nSPS) is 10.5. The minimum Gasteiger partial charge on any atom is -0.497 e. The molecule has 0 aliphatic heterocycles. The molecule has 0 atom stereocenters. The van der Waals surface area contributed by atoms with Gasteiger partial charge in [-0.15, -0.1) is 0 Å². The monoisotopic (exact) mass is 217 g/mol. The Balaban J connectivity index is 2.75. The highest BCUT2D eigenvalue weighted by Crippen LogP contribution is 2.28. The summed E-state index contributed by atoms with van der Waals surface area (Å²) in [6.45, 7) is 1.96. The van der Waals surface area contributed by atoms with Gasteiger partial charge in [-0.1, -0.05) is 0 Å². The van der Waals surface area contributed by atoms with E-state index in [-0.39, 0.29) is 0 Å². The van der Waals surface area contributed by atoms with Crippen LogP contribution in [0.3, 0.4) is 0 Å². The number of nitrogens with two attached hydrogens (primary N) is 1. The van der Waals surface area contributed by atoms with Crippen molar-refractivity contribution in [3.63, 3.8) is 0 Å². The van der Waals surface area contributed by atoms with Crippen molar-refractivity contribution >= 4 is 16.6 Å². The first kappa shape index (κ1) is 10.7. The van der Waals surface area contributed by atoms with Gasteiger partial charge >= 0.3 is 0 Å². The lowest BCUT2D eigenvalue weighted by Gasteiger charge is -2.16. The second-order valence-corrected chi connectivity index (χ2v) is 3.78. The fourth-order valence-electron chi connectivity index (χ4n) is 1.73. The summed E-state index contributed by atoms with van der Waals surface area (Å²) < 4.78 is 5.20. The highest BCUT2D eigenvalue weighted by Gasteiger charge is 2.07. The van der Waals surface area contributed by atoms with E-state index in [1.165, 1.54) is 0 Å². The van der Waals surface area contributed by atoms with Gasteiger partial charge < -0.3 is 9.75 Å². The third kappa shape index (κ3) is 1.79. The van der Waals surface area contributed by atoms with Crippen LogP contribution in [0.2, 0.25) is 0 Å². The predicted molar refractivity (Wildman–Crippen MR) is 65.6 cm³/mol. The maximum absolute atomic E-state index is 5.80. The fourth-order valence-corrected chi connectivity index (χ4v) is 1.73. The number of benzene rings is 1. The van der Waals surface area contributed by atoms with Crippen LogP contribution in [0.1, 0.15) is 5.69 Å². The molecular formula is C12H15N3O. The van der Waals surface area contributed by atoms with Gasteiger partial charge in [-0.3, -0.25) is 4.98 Å². The van der Waals surface area contributed by atoms with E-state index in [0.717, 1.165) is 28.0 Å². The molecule has 4 nitrogen and oxygen atoms in total. The minimum absolute atomic E-state index is 0.807. The molecular weight excluding hydrogens is 202 g/mol. The molecule has 0 fully saturated rings. The number of rotatable bonds is 2. The van der Waals surface area contributed by atoms with Crippen molar-refractivity contribution in [1.82, 2.24) is 4.98 Å². The van der Waals surface area contributed by atoms with Crippen molar-refractivity contribution in [2.75, 3.05) is 19.2 Å². The molecule has 2 aromatic rings. The maximum Gasteiger partial charge on any atom is 0.119 e. The molecule has 0 saturated heterocycles. The van der Waals surface area contributed by atoms with Gasteiger partial charge in [0.25, 0.3) is 0 Å². The van der Waals surface area contributed by atoms with Crippen molar-refractivity contribution in [2.24, 2.45) is 5.84 Å². The molecule has 0 unspecified atom stereocenters. The number of ether oxygens (including phenoxy) is 1. The summed E-state index contributed by atoms with van der Waals surface area (Å²) >= 11 is 0. The molecule has 0 aliphatic rings. The summed E-state index contributed by atoms with van der Waals surface area (Å²) in [4.78, 5) is 4.46. The van der Waals surface area contributed by atoms with Gasteiger partial charge in [0.1, 0.15) is 5.75 Å². The summed E-state index contributed by atoms with van der Waals surface area (Å²) in [5.41, 5.74) is 2.82. The lowest BCUT2D eigenvalue weighted by Crippen LogP contribution is -2.25. The summed E-state index contributed by atoms with van der Waals surface area (Å²) in [5, 5.41) is 2.59. The molecule has 0 saturated carbocycles. The first-order valence-electron chi connectivity index (χ1n) is 5.05.